The molecule has 0 aliphatic carbocycles. The maximum atomic E-state index is 8.75. The van der Waals surface area contributed by atoms with Gasteiger partial charge in [0.25, 0.3) is 0 Å². The van der Waals surface area contributed by atoms with Crippen LogP contribution in [0.1, 0.15) is 11.3 Å². The highest BCUT2D eigenvalue weighted by atomic mass is 15.1. The average Bonchev–Trinajstić information content (AvgIpc) is 2.72. The van der Waals surface area contributed by atoms with E-state index in [0.717, 1.165) is 11.3 Å². The van der Waals surface area contributed by atoms with E-state index in [4.69, 9.17) is 16.3 Å². The Morgan fingerprint density at radius 2 is 1.94 bits per heavy atom. The lowest BCUT2D eigenvalue weighted by molar-refractivity contribution is 1.06. The smallest absolute Gasteiger partial charge is 0.182 e. The Kier molecular flexibility index (Phi) is 2.76. The number of aromatic nitrogens is 2. The topological polar surface area (TPSA) is 91.4 Å². The van der Waals surface area contributed by atoms with Crippen LogP contribution in [0.25, 0.3) is 5.69 Å². The van der Waals surface area contributed by atoms with Crippen molar-refractivity contribution in [2.24, 2.45) is 0 Å². The van der Waals surface area contributed by atoms with E-state index in [0.29, 0.717) is 12.2 Å². The number of rotatable bonds is 2. The highest BCUT2D eigenvalue weighted by Crippen LogP contribution is 2.16. The van der Waals surface area contributed by atoms with Crippen molar-refractivity contribution in [3.63, 3.8) is 0 Å². The molecule has 1 aromatic heterocycles. The van der Waals surface area contributed by atoms with Gasteiger partial charge in [0.15, 0.2) is 5.69 Å². The Hall–Kier alpha value is -2.79. The Morgan fingerprint density at radius 1 is 1.24 bits per heavy atom. The summed E-state index contributed by atoms with van der Waals surface area (Å²) >= 11 is 0. The minimum atomic E-state index is 0.214. The number of benzene rings is 1. The van der Waals surface area contributed by atoms with Gasteiger partial charge in [-0.3, -0.25) is 4.57 Å². The number of nitrogens with two attached hydrogens (primary N) is 1. The van der Waals surface area contributed by atoms with Crippen LogP contribution in [0.15, 0.2) is 30.6 Å². The zero-order valence-electron chi connectivity index (χ0n) is 8.96. The van der Waals surface area contributed by atoms with Crippen LogP contribution in [0.5, 0.6) is 0 Å². The number of nitrogen functional groups attached to an aromatic ring is 1. The molecule has 0 amide bonds. The van der Waals surface area contributed by atoms with Gasteiger partial charge in [0.1, 0.15) is 18.2 Å². The number of imidazole rings is 1. The largest absolute Gasteiger partial charge is 0.382 e. The van der Waals surface area contributed by atoms with Crippen LogP contribution in [-0.4, -0.2) is 9.55 Å². The fraction of sp³-hybridized carbons (Fsp3) is 0.0833. The second-order valence-corrected chi connectivity index (χ2v) is 3.46. The summed E-state index contributed by atoms with van der Waals surface area (Å²) in [6.45, 7) is 0. The highest BCUT2D eigenvalue weighted by molar-refractivity contribution is 5.51. The number of hydrogen-bond donors (Lipinski definition) is 1. The molecule has 5 heteroatoms. The molecule has 0 unspecified atom stereocenters. The molecule has 82 valence electrons. The summed E-state index contributed by atoms with van der Waals surface area (Å²) < 4.78 is 1.63. The molecule has 2 aromatic rings. The first-order valence-corrected chi connectivity index (χ1v) is 4.95. The lowest BCUT2D eigenvalue weighted by Crippen LogP contribution is -1.99. The Labute approximate surface area is 98.3 Å². The van der Waals surface area contributed by atoms with Crippen molar-refractivity contribution in [3.05, 3.63) is 41.9 Å². The molecular weight excluding hydrogens is 214 g/mol. The van der Waals surface area contributed by atoms with E-state index in [1.54, 1.807) is 4.57 Å². The zero-order chi connectivity index (χ0) is 12.3. The molecule has 0 saturated carbocycles. The third-order valence-corrected chi connectivity index (χ3v) is 2.41. The molecular formula is C12H9N5. The molecule has 0 spiro atoms. The third-order valence-electron chi connectivity index (χ3n) is 2.41. The van der Waals surface area contributed by atoms with Crippen molar-refractivity contribution in [2.75, 3.05) is 5.73 Å². The van der Waals surface area contributed by atoms with Gasteiger partial charge in [-0.25, -0.2) is 4.98 Å². The summed E-state index contributed by atoms with van der Waals surface area (Å²) in [5.41, 5.74) is 7.74. The molecule has 0 fully saturated rings. The second kappa shape index (κ2) is 4.38. The van der Waals surface area contributed by atoms with Gasteiger partial charge in [-0.15, -0.1) is 0 Å². The van der Waals surface area contributed by atoms with Gasteiger partial charge in [0.2, 0.25) is 0 Å². The lowest BCUT2D eigenvalue weighted by atomic mass is 10.1. The van der Waals surface area contributed by atoms with Crippen LogP contribution >= 0.6 is 0 Å². The number of nitrogens with zero attached hydrogens (tertiary/aromatic N) is 4. The monoisotopic (exact) mass is 223 g/mol. The normalized spacial score (nSPS) is 9.53. The molecule has 0 bridgehead atoms. The van der Waals surface area contributed by atoms with Gasteiger partial charge < -0.3 is 5.73 Å². The van der Waals surface area contributed by atoms with Gasteiger partial charge in [0.05, 0.1) is 12.5 Å². The van der Waals surface area contributed by atoms with Crippen LogP contribution in [0.2, 0.25) is 0 Å². The van der Waals surface area contributed by atoms with Gasteiger partial charge in [-0.05, 0) is 17.7 Å². The minimum absolute atomic E-state index is 0.214. The van der Waals surface area contributed by atoms with E-state index in [1.165, 1.54) is 6.33 Å². The summed E-state index contributed by atoms with van der Waals surface area (Å²) in [4.78, 5) is 3.89. The number of anilines is 1. The third kappa shape index (κ3) is 1.95. The van der Waals surface area contributed by atoms with E-state index >= 15 is 0 Å². The molecule has 1 aromatic carbocycles. The SMILES string of the molecule is N#CCc1ccc(-n2cnc(C#N)c2N)cc1. The first-order chi connectivity index (χ1) is 8.26. The first kappa shape index (κ1) is 10.7. The van der Waals surface area contributed by atoms with Crippen LogP contribution in [0.3, 0.4) is 0 Å². The minimum Gasteiger partial charge on any atom is -0.382 e. The lowest BCUT2D eigenvalue weighted by Gasteiger charge is -2.05. The molecule has 17 heavy (non-hydrogen) atoms. The van der Waals surface area contributed by atoms with Crippen molar-refractivity contribution in [1.29, 1.82) is 10.5 Å². The van der Waals surface area contributed by atoms with Crippen LogP contribution in [-0.2, 0) is 6.42 Å². The molecule has 0 atom stereocenters. The number of nitriles is 2. The number of hydrogen-bond acceptors (Lipinski definition) is 4. The fourth-order valence-electron chi connectivity index (χ4n) is 1.52. The van der Waals surface area contributed by atoms with Gasteiger partial charge >= 0.3 is 0 Å². The highest BCUT2D eigenvalue weighted by Gasteiger charge is 2.07. The molecule has 0 saturated heterocycles. The molecule has 0 radical (unpaired) electrons. The van der Waals surface area contributed by atoms with E-state index in [9.17, 15) is 0 Å². The maximum absolute atomic E-state index is 8.75. The zero-order valence-corrected chi connectivity index (χ0v) is 8.96. The van der Waals surface area contributed by atoms with Crippen LogP contribution < -0.4 is 5.73 Å². The molecule has 0 aliphatic rings. The summed E-state index contributed by atoms with van der Waals surface area (Å²) in [6.07, 6.45) is 1.89. The van der Waals surface area contributed by atoms with Crippen LogP contribution in [0.4, 0.5) is 5.82 Å². The van der Waals surface area contributed by atoms with Crippen molar-refractivity contribution in [1.82, 2.24) is 9.55 Å². The molecule has 1 heterocycles. The Bertz CT molecular complexity index is 610. The molecule has 5 nitrogen and oxygen atoms in total. The maximum Gasteiger partial charge on any atom is 0.182 e. The molecule has 2 N–H and O–H groups in total. The molecule has 2 rings (SSSR count). The van der Waals surface area contributed by atoms with Crippen molar-refractivity contribution in [3.8, 4) is 17.8 Å². The van der Waals surface area contributed by atoms with E-state index in [-0.39, 0.29) is 5.69 Å². The van der Waals surface area contributed by atoms with Gasteiger partial charge in [-0.2, -0.15) is 10.5 Å². The second-order valence-electron chi connectivity index (χ2n) is 3.46. The molecule has 0 aliphatic heterocycles. The first-order valence-electron chi connectivity index (χ1n) is 4.95. The van der Waals surface area contributed by atoms with Gasteiger partial charge in [0, 0.05) is 5.69 Å². The van der Waals surface area contributed by atoms with Crippen molar-refractivity contribution >= 4 is 5.82 Å². The van der Waals surface area contributed by atoms with E-state index in [2.05, 4.69) is 11.1 Å². The summed E-state index contributed by atoms with van der Waals surface area (Å²) in [6, 6.07) is 11.4. The van der Waals surface area contributed by atoms with Gasteiger partial charge in [-0.1, -0.05) is 12.1 Å². The summed E-state index contributed by atoms with van der Waals surface area (Å²) in [5, 5.41) is 17.3. The van der Waals surface area contributed by atoms with Crippen LogP contribution in [0, 0.1) is 22.7 Å². The summed E-state index contributed by atoms with van der Waals surface area (Å²) in [5.74, 6) is 0.320. The van der Waals surface area contributed by atoms with E-state index in [1.807, 2.05) is 30.3 Å². The quantitative estimate of drug-likeness (QED) is 0.832. The Morgan fingerprint density at radius 3 is 2.47 bits per heavy atom. The van der Waals surface area contributed by atoms with Crippen molar-refractivity contribution in [2.45, 2.75) is 6.42 Å². The summed E-state index contributed by atoms with van der Waals surface area (Å²) in [7, 11) is 0. The fourth-order valence-corrected chi connectivity index (χ4v) is 1.52. The predicted octanol–water partition coefficient (Wildman–Crippen LogP) is 1.39. The van der Waals surface area contributed by atoms with Crippen molar-refractivity contribution < 1.29 is 0 Å². The Balaban J connectivity index is 2.38. The predicted molar refractivity (Wildman–Crippen MR) is 62.0 cm³/mol. The van der Waals surface area contributed by atoms with E-state index < -0.39 is 0 Å². The standard InChI is InChI=1S/C12H9N5/c13-6-5-9-1-3-10(4-2-9)17-8-16-11(7-14)12(17)15/h1-4,8H,5,15H2. The average molecular weight is 223 g/mol.